The van der Waals surface area contributed by atoms with Crippen molar-refractivity contribution in [2.45, 2.75) is 46.1 Å². The van der Waals surface area contributed by atoms with Crippen molar-refractivity contribution in [1.82, 2.24) is 5.32 Å². The standard InChI is InChI=1S/C12H24N2O2S/c1-11(2)9-4-5-12(3,8-9)10(11)14-6-7-17(13,15)16/h9-10,14H,4-8H2,1-3H3,(H2,13,15,16). The van der Waals surface area contributed by atoms with Crippen molar-refractivity contribution < 1.29 is 8.42 Å². The van der Waals surface area contributed by atoms with Gasteiger partial charge in [-0.05, 0) is 36.0 Å². The maximum Gasteiger partial charge on any atom is 0.210 e. The van der Waals surface area contributed by atoms with Gasteiger partial charge in [-0.15, -0.1) is 0 Å². The Balaban J connectivity index is 2.01. The van der Waals surface area contributed by atoms with Crippen LogP contribution in [-0.4, -0.2) is 26.8 Å². The van der Waals surface area contributed by atoms with E-state index < -0.39 is 10.0 Å². The van der Waals surface area contributed by atoms with Crippen LogP contribution in [0.2, 0.25) is 0 Å². The molecule has 3 atom stereocenters. The third-order valence-corrected chi connectivity index (χ3v) is 5.78. The molecule has 0 aliphatic heterocycles. The van der Waals surface area contributed by atoms with Gasteiger partial charge in [-0.1, -0.05) is 20.8 Å². The van der Waals surface area contributed by atoms with Gasteiger partial charge >= 0.3 is 0 Å². The summed E-state index contributed by atoms with van der Waals surface area (Å²) in [6.07, 6.45) is 3.85. The molecule has 2 rings (SSSR count). The molecule has 2 aliphatic rings. The van der Waals surface area contributed by atoms with Gasteiger partial charge in [0.1, 0.15) is 0 Å². The van der Waals surface area contributed by atoms with Crippen LogP contribution in [0.3, 0.4) is 0 Å². The summed E-state index contributed by atoms with van der Waals surface area (Å²) in [6, 6.07) is 0.412. The Bertz CT molecular complexity index is 400. The first-order valence-electron chi connectivity index (χ1n) is 6.39. The lowest BCUT2D eigenvalue weighted by Gasteiger charge is -2.43. The first-order chi connectivity index (χ1) is 7.65. The van der Waals surface area contributed by atoms with E-state index >= 15 is 0 Å². The minimum Gasteiger partial charge on any atom is -0.312 e. The number of fused-ring (bicyclic) bond motifs is 2. The first-order valence-corrected chi connectivity index (χ1v) is 8.10. The number of primary sulfonamides is 1. The highest BCUT2D eigenvalue weighted by molar-refractivity contribution is 7.89. The summed E-state index contributed by atoms with van der Waals surface area (Å²) in [5.41, 5.74) is 0.609. The van der Waals surface area contributed by atoms with Crippen LogP contribution >= 0.6 is 0 Å². The zero-order valence-electron chi connectivity index (χ0n) is 11.0. The van der Waals surface area contributed by atoms with Crippen LogP contribution in [0.25, 0.3) is 0 Å². The van der Waals surface area contributed by atoms with Gasteiger partial charge in [0, 0.05) is 12.6 Å². The molecule has 3 N–H and O–H groups in total. The van der Waals surface area contributed by atoms with Crippen molar-refractivity contribution >= 4 is 10.0 Å². The average Bonchev–Trinajstić information content (AvgIpc) is 2.60. The topological polar surface area (TPSA) is 72.2 Å². The maximum atomic E-state index is 10.9. The molecule has 0 heterocycles. The third kappa shape index (κ3) is 2.37. The van der Waals surface area contributed by atoms with Gasteiger partial charge < -0.3 is 5.32 Å². The van der Waals surface area contributed by atoms with Crippen molar-refractivity contribution in [3.63, 3.8) is 0 Å². The number of nitrogens with two attached hydrogens (primary N) is 1. The molecular weight excluding hydrogens is 236 g/mol. The van der Waals surface area contributed by atoms with E-state index in [0.29, 0.717) is 18.0 Å². The maximum absolute atomic E-state index is 10.9. The van der Waals surface area contributed by atoms with Crippen LogP contribution < -0.4 is 10.5 Å². The summed E-state index contributed by atoms with van der Waals surface area (Å²) >= 11 is 0. The molecule has 100 valence electrons. The summed E-state index contributed by atoms with van der Waals surface area (Å²) in [6.45, 7) is 7.40. The molecule has 0 aromatic rings. The van der Waals surface area contributed by atoms with Gasteiger partial charge in [0.25, 0.3) is 0 Å². The van der Waals surface area contributed by atoms with Gasteiger partial charge in [0.15, 0.2) is 0 Å². The molecule has 0 aromatic heterocycles. The molecule has 2 aliphatic carbocycles. The van der Waals surface area contributed by atoms with Crippen LogP contribution in [0.15, 0.2) is 0 Å². The molecule has 0 radical (unpaired) electrons. The molecule has 0 spiro atoms. The smallest absolute Gasteiger partial charge is 0.210 e. The highest BCUT2D eigenvalue weighted by Gasteiger charge is 2.58. The fourth-order valence-corrected chi connectivity index (χ4v) is 4.56. The van der Waals surface area contributed by atoms with Crippen molar-refractivity contribution in [2.24, 2.45) is 21.9 Å². The summed E-state index contributed by atoms with van der Waals surface area (Å²) < 4.78 is 21.9. The van der Waals surface area contributed by atoms with Gasteiger partial charge in [0.2, 0.25) is 10.0 Å². The Hall–Kier alpha value is -0.130. The number of hydrogen-bond donors (Lipinski definition) is 2. The Kier molecular flexibility index (Phi) is 3.08. The van der Waals surface area contributed by atoms with Crippen LogP contribution in [-0.2, 0) is 10.0 Å². The van der Waals surface area contributed by atoms with Crippen molar-refractivity contribution in [1.29, 1.82) is 0 Å². The fourth-order valence-electron chi connectivity index (χ4n) is 4.16. The monoisotopic (exact) mass is 260 g/mol. The van der Waals surface area contributed by atoms with Gasteiger partial charge in [-0.3, -0.25) is 0 Å². The summed E-state index contributed by atoms with van der Waals surface area (Å²) in [7, 11) is -3.35. The molecule has 17 heavy (non-hydrogen) atoms. The highest BCUT2D eigenvalue weighted by atomic mass is 32.2. The van der Waals surface area contributed by atoms with E-state index in [1.807, 2.05) is 0 Å². The normalized spacial score (nSPS) is 39.8. The minimum atomic E-state index is -3.35. The molecule has 0 saturated heterocycles. The van der Waals surface area contributed by atoms with E-state index in [-0.39, 0.29) is 11.2 Å². The van der Waals surface area contributed by atoms with E-state index in [9.17, 15) is 8.42 Å². The largest absolute Gasteiger partial charge is 0.312 e. The summed E-state index contributed by atoms with van der Waals surface area (Å²) in [5.74, 6) is 0.805. The lowest BCUT2D eigenvalue weighted by Crippen LogP contribution is -2.51. The zero-order valence-corrected chi connectivity index (χ0v) is 11.8. The van der Waals surface area contributed by atoms with E-state index in [4.69, 9.17) is 5.14 Å². The van der Waals surface area contributed by atoms with Crippen LogP contribution in [0.4, 0.5) is 0 Å². The molecule has 5 heteroatoms. The van der Waals surface area contributed by atoms with Crippen molar-refractivity contribution in [3.8, 4) is 0 Å². The second kappa shape index (κ2) is 3.93. The number of rotatable bonds is 4. The second-order valence-electron chi connectivity index (χ2n) is 6.67. The van der Waals surface area contributed by atoms with Gasteiger partial charge in [-0.25, -0.2) is 13.6 Å². The Morgan fingerprint density at radius 1 is 1.35 bits per heavy atom. The lowest BCUT2D eigenvalue weighted by atomic mass is 9.68. The minimum absolute atomic E-state index is 0.0281. The number of nitrogens with one attached hydrogen (secondary N) is 1. The van der Waals surface area contributed by atoms with E-state index in [1.165, 1.54) is 19.3 Å². The molecule has 2 saturated carbocycles. The van der Waals surface area contributed by atoms with E-state index in [2.05, 4.69) is 26.1 Å². The molecule has 3 unspecified atom stereocenters. The highest BCUT2D eigenvalue weighted by Crippen LogP contribution is 2.62. The van der Waals surface area contributed by atoms with E-state index in [1.54, 1.807) is 0 Å². The Labute approximate surface area is 104 Å². The van der Waals surface area contributed by atoms with Crippen LogP contribution in [0.1, 0.15) is 40.0 Å². The van der Waals surface area contributed by atoms with Crippen molar-refractivity contribution in [3.05, 3.63) is 0 Å². The lowest BCUT2D eigenvalue weighted by molar-refractivity contribution is 0.111. The average molecular weight is 260 g/mol. The van der Waals surface area contributed by atoms with Gasteiger partial charge in [-0.2, -0.15) is 0 Å². The summed E-state index contributed by atoms with van der Waals surface area (Å²) in [4.78, 5) is 0. The van der Waals surface area contributed by atoms with Crippen LogP contribution in [0, 0.1) is 16.7 Å². The molecule has 4 nitrogen and oxygen atoms in total. The van der Waals surface area contributed by atoms with Gasteiger partial charge in [0.05, 0.1) is 5.75 Å². The Morgan fingerprint density at radius 3 is 2.47 bits per heavy atom. The zero-order chi connectivity index (χ0) is 12.9. The predicted octanol–water partition coefficient (Wildman–Crippen LogP) is 1.08. The number of hydrogen-bond acceptors (Lipinski definition) is 3. The fraction of sp³-hybridized carbons (Fsp3) is 1.00. The number of sulfonamides is 1. The first kappa shape index (κ1) is 13.3. The predicted molar refractivity (Wildman–Crippen MR) is 69.0 cm³/mol. The van der Waals surface area contributed by atoms with Crippen LogP contribution in [0.5, 0.6) is 0 Å². The Morgan fingerprint density at radius 2 is 2.00 bits per heavy atom. The third-order valence-electron chi connectivity index (χ3n) is 5.00. The van der Waals surface area contributed by atoms with Crippen molar-refractivity contribution in [2.75, 3.05) is 12.3 Å². The molecule has 0 amide bonds. The molecule has 2 bridgehead atoms. The summed E-state index contributed by atoms with van der Waals surface area (Å²) in [5, 5.41) is 8.47. The quantitative estimate of drug-likeness (QED) is 0.794. The SMILES string of the molecule is CC12CCC(C1)C(C)(C)C2NCCS(N)(=O)=O. The molecular formula is C12H24N2O2S. The molecule has 0 aromatic carbocycles. The van der Waals surface area contributed by atoms with E-state index in [0.717, 1.165) is 5.92 Å². The second-order valence-corrected chi connectivity index (χ2v) is 8.40. The molecule has 2 fully saturated rings.